The van der Waals surface area contributed by atoms with E-state index in [1.54, 1.807) is 0 Å². The van der Waals surface area contributed by atoms with E-state index in [4.69, 9.17) is 9.84 Å². The molecule has 1 aromatic carbocycles. The summed E-state index contributed by atoms with van der Waals surface area (Å²) >= 11 is 0. The minimum absolute atomic E-state index is 0.0282. The van der Waals surface area contributed by atoms with Crippen molar-refractivity contribution in [2.75, 3.05) is 6.61 Å². The van der Waals surface area contributed by atoms with Gasteiger partial charge in [-0.1, -0.05) is 32.8 Å². The highest BCUT2D eigenvalue weighted by molar-refractivity contribution is 5.89. The fraction of sp³-hybridized carbons (Fsp3) is 0.500. The van der Waals surface area contributed by atoms with Crippen LogP contribution in [0.25, 0.3) is 0 Å². The molecule has 0 bridgehead atoms. The molecule has 0 radical (unpaired) electrons. The van der Waals surface area contributed by atoms with Crippen LogP contribution in [0.3, 0.4) is 0 Å². The number of hydrogen-bond donors (Lipinski definition) is 1. The maximum absolute atomic E-state index is 13.0. The second kappa shape index (κ2) is 7.11. The van der Waals surface area contributed by atoms with Gasteiger partial charge in [0.2, 0.25) is 0 Å². The Kier molecular flexibility index (Phi) is 5.78. The predicted molar refractivity (Wildman–Crippen MR) is 67.1 cm³/mol. The van der Waals surface area contributed by atoms with Gasteiger partial charge in [0.05, 0.1) is 12.2 Å². The maximum Gasteiger partial charge on any atom is 0.336 e. The fourth-order valence-corrected chi connectivity index (χ4v) is 1.73. The Morgan fingerprint density at radius 3 is 2.61 bits per heavy atom. The molecule has 0 amide bonds. The quantitative estimate of drug-likeness (QED) is 0.810. The van der Waals surface area contributed by atoms with Crippen molar-refractivity contribution in [3.05, 3.63) is 35.1 Å². The first-order chi connectivity index (χ1) is 8.58. The molecule has 0 unspecified atom stereocenters. The molecule has 0 fully saturated rings. The van der Waals surface area contributed by atoms with Gasteiger partial charge < -0.3 is 9.84 Å². The summed E-state index contributed by atoms with van der Waals surface area (Å²) in [5, 5.41) is 8.97. The van der Waals surface area contributed by atoms with E-state index in [-0.39, 0.29) is 12.2 Å². The Balaban J connectivity index is 2.64. The van der Waals surface area contributed by atoms with E-state index in [0.29, 0.717) is 18.1 Å². The van der Waals surface area contributed by atoms with Crippen LogP contribution in [0.5, 0.6) is 0 Å². The van der Waals surface area contributed by atoms with Gasteiger partial charge in [-0.25, -0.2) is 9.18 Å². The molecule has 0 aliphatic carbocycles. The summed E-state index contributed by atoms with van der Waals surface area (Å²) in [6.07, 6.45) is 2.07. The smallest absolute Gasteiger partial charge is 0.336 e. The molecule has 0 spiro atoms. The molecule has 3 nitrogen and oxygen atoms in total. The average molecular weight is 254 g/mol. The zero-order valence-corrected chi connectivity index (χ0v) is 10.8. The molecular formula is C14H19FO3. The first-order valence-electron chi connectivity index (χ1n) is 6.17. The van der Waals surface area contributed by atoms with E-state index in [1.807, 2.05) is 0 Å². The molecule has 0 atom stereocenters. The lowest BCUT2D eigenvalue weighted by atomic mass is 10.1. The van der Waals surface area contributed by atoms with Gasteiger partial charge in [-0.05, 0) is 23.6 Å². The zero-order chi connectivity index (χ0) is 13.5. The van der Waals surface area contributed by atoms with Crippen molar-refractivity contribution in [2.45, 2.75) is 33.3 Å². The largest absolute Gasteiger partial charge is 0.478 e. The lowest BCUT2D eigenvalue weighted by Gasteiger charge is -2.13. The molecule has 4 heteroatoms. The minimum Gasteiger partial charge on any atom is -0.478 e. The van der Waals surface area contributed by atoms with Gasteiger partial charge in [0.25, 0.3) is 0 Å². The number of hydrogen-bond acceptors (Lipinski definition) is 2. The Bertz CT molecular complexity index is 400. The highest BCUT2D eigenvalue weighted by atomic mass is 19.1. The summed E-state index contributed by atoms with van der Waals surface area (Å²) in [6.45, 7) is 5.00. The summed E-state index contributed by atoms with van der Waals surface area (Å²) < 4.78 is 18.5. The lowest BCUT2D eigenvalue weighted by molar-refractivity contribution is 0.0671. The van der Waals surface area contributed by atoms with Crippen molar-refractivity contribution in [3.8, 4) is 0 Å². The second-order valence-corrected chi connectivity index (χ2v) is 4.30. The van der Waals surface area contributed by atoms with E-state index in [0.717, 1.165) is 18.9 Å². The Hall–Kier alpha value is -1.42. The molecule has 100 valence electrons. The van der Waals surface area contributed by atoms with Gasteiger partial charge in [0.1, 0.15) is 5.82 Å². The van der Waals surface area contributed by atoms with Crippen LogP contribution in [0.15, 0.2) is 18.2 Å². The lowest BCUT2D eigenvalue weighted by Crippen LogP contribution is -2.10. The summed E-state index contributed by atoms with van der Waals surface area (Å²) in [6, 6.07) is 3.74. The topological polar surface area (TPSA) is 46.5 Å². The fourth-order valence-electron chi connectivity index (χ4n) is 1.73. The zero-order valence-electron chi connectivity index (χ0n) is 10.8. The van der Waals surface area contributed by atoms with Crippen LogP contribution < -0.4 is 0 Å². The van der Waals surface area contributed by atoms with Gasteiger partial charge in [0, 0.05) is 6.61 Å². The Morgan fingerprint density at radius 1 is 1.39 bits per heavy atom. The van der Waals surface area contributed by atoms with Gasteiger partial charge in [0.15, 0.2) is 0 Å². The number of halogens is 1. The molecule has 1 N–H and O–H groups in total. The Morgan fingerprint density at radius 2 is 2.06 bits per heavy atom. The van der Waals surface area contributed by atoms with Crippen LogP contribution >= 0.6 is 0 Å². The van der Waals surface area contributed by atoms with Gasteiger partial charge >= 0.3 is 5.97 Å². The Labute approximate surface area is 107 Å². The number of benzene rings is 1. The molecule has 1 aromatic rings. The molecule has 0 saturated carbocycles. The summed E-state index contributed by atoms with van der Waals surface area (Å²) in [5.74, 6) is -1.19. The molecule has 0 aliphatic rings. The normalized spacial score (nSPS) is 10.9. The van der Waals surface area contributed by atoms with Crippen molar-refractivity contribution in [1.29, 1.82) is 0 Å². The minimum atomic E-state index is -1.13. The van der Waals surface area contributed by atoms with E-state index in [1.165, 1.54) is 12.1 Å². The second-order valence-electron chi connectivity index (χ2n) is 4.30. The highest BCUT2D eigenvalue weighted by Gasteiger charge is 2.12. The molecule has 0 saturated heterocycles. The molecule has 1 rings (SSSR count). The number of aromatic carboxylic acids is 1. The van der Waals surface area contributed by atoms with Crippen molar-refractivity contribution in [3.63, 3.8) is 0 Å². The van der Waals surface area contributed by atoms with Crippen LogP contribution in [0, 0.1) is 11.7 Å². The van der Waals surface area contributed by atoms with Gasteiger partial charge in [-0.3, -0.25) is 0 Å². The summed E-state index contributed by atoms with van der Waals surface area (Å²) in [5.41, 5.74) is 0.481. The first-order valence-corrected chi connectivity index (χ1v) is 6.17. The third kappa shape index (κ3) is 4.11. The van der Waals surface area contributed by atoms with Crippen molar-refractivity contribution in [2.24, 2.45) is 5.92 Å². The van der Waals surface area contributed by atoms with Crippen molar-refractivity contribution in [1.82, 2.24) is 0 Å². The number of rotatable bonds is 7. The van der Waals surface area contributed by atoms with Gasteiger partial charge in [-0.15, -0.1) is 0 Å². The van der Waals surface area contributed by atoms with Crippen molar-refractivity contribution < 1.29 is 19.0 Å². The van der Waals surface area contributed by atoms with Crippen LogP contribution in [0.1, 0.15) is 42.6 Å². The number of carboxylic acids is 1. The molecular weight excluding hydrogens is 235 g/mol. The van der Waals surface area contributed by atoms with Crippen LogP contribution in [-0.2, 0) is 11.3 Å². The standard InChI is InChI=1S/C14H19FO3/c1-3-10(4-2)8-18-9-11-5-6-12(15)7-13(11)14(16)17/h5-7,10H,3-4,8-9H2,1-2H3,(H,16,17). The summed E-state index contributed by atoms with van der Waals surface area (Å²) in [4.78, 5) is 11.0. The van der Waals surface area contributed by atoms with Crippen LogP contribution in [-0.4, -0.2) is 17.7 Å². The molecule has 0 aliphatic heterocycles. The van der Waals surface area contributed by atoms with E-state index < -0.39 is 11.8 Å². The maximum atomic E-state index is 13.0. The molecule has 18 heavy (non-hydrogen) atoms. The van der Waals surface area contributed by atoms with E-state index >= 15 is 0 Å². The third-order valence-electron chi connectivity index (χ3n) is 3.07. The van der Waals surface area contributed by atoms with Crippen molar-refractivity contribution >= 4 is 5.97 Å². The highest BCUT2D eigenvalue weighted by Crippen LogP contribution is 2.14. The number of ether oxygens (including phenoxy) is 1. The number of carboxylic acid groups (broad SMARTS) is 1. The van der Waals surface area contributed by atoms with E-state index in [2.05, 4.69) is 13.8 Å². The molecule has 0 aromatic heterocycles. The predicted octanol–water partition coefficient (Wildman–Crippen LogP) is 3.48. The SMILES string of the molecule is CCC(CC)COCc1ccc(F)cc1C(=O)O. The van der Waals surface area contributed by atoms with Gasteiger partial charge in [-0.2, -0.15) is 0 Å². The number of carbonyl (C=O) groups is 1. The summed E-state index contributed by atoms with van der Waals surface area (Å²) in [7, 11) is 0. The van der Waals surface area contributed by atoms with Crippen LogP contribution in [0.4, 0.5) is 4.39 Å². The molecule has 0 heterocycles. The monoisotopic (exact) mass is 254 g/mol. The first kappa shape index (κ1) is 14.6. The third-order valence-corrected chi connectivity index (χ3v) is 3.07. The van der Waals surface area contributed by atoms with Crippen LogP contribution in [0.2, 0.25) is 0 Å². The van der Waals surface area contributed by atoms with E-state index in [9.17, 15) is 9.18 Å². The average Bonchev–Trinajstić information content (AvgIpc) is 2.36.